The van der Waals surface area contributed by atoms with E-state index in [0.717, 1.165) is 16.5 Å². The zero-order valence-electron chi connectivity index (χ0n) is 18.7. The van der Waals surface area contributed by atoms with Gasteiger partial charge in [-0.15, -0.1) is 0 Å². The van der Waals surface area contributed by atoms with Gasteiger partial charge in [0.15, 0.2) is 6.10 Å². The van der Waals surface area contributed by atoms with Crippen molar-refractivity contribution >= 4 is 17.1 Å². The van der Waals surface area contributed by atoms with E-state index >= 15 is 0 Å². The molecule has 0 aliphatic carbocycles. The average molecular weight is 452 g/mol. The minimum absolute atomic E-state index is 0.385. The molecule has 4 atom stereocenters. The summed E-state index contributed by atoms with van der Waals surface area (Å²) in [6.07, 6.45) is -3.74. The summed E-state index contributed by atoms with van der Waals surface area (Å²) in [5.41, 5.74) is 1.28. The minimum Gasteiger partial charge on any atom is -0.461 e. The van der Waals surface area contributed by atoms with Crippen molar-refractivity contribution in [3.63, 3.8) is 0 Å². The van der Waals surface area contributed by atoms with E-state index in [4.69, 9.17) is 28.1 Å². The molecule has 0 spiro atoms. The van der Waals surface area contributed by atoms with E-state index in [2.05, 4.69) is 0 Å². The number of methoxy groups -OCH3 is 1. The maximum atomic E-state index is 12.8. The van der Waals surface area contributed by atoms with E-state index < -0.39 is 42.0 Å². The lowest BCUT2D eigenvalue weighted by molar-refractivity contribution is -0.282. The monoisotopic (exact) mass is 452 g/mol. The van der Waals surface area contributed by atoms with Crippen molar-refractivity contribution in [3.05, 3.63) is 64.5 Å². The van der Waals surface area contributed by atoms with Crippen molar-refractivity contribution in [2.24, 2.45) is 0 Å². The maximum Gasteiger partial charge on any atom is 0.509 e. The van der Waals surface area contributed by atoms with Gasteiger partial charge in [0.25, 0.3) is 0 Å². The predicted octanol–water partition coefficient (Wildman–Crippen LogP) is 4.20. The molecule has 8 nitrogen and oxygen atoms in total. The molecule has 2 aliphatic heterocycles. The number of aryl methyl sites for hydroxylation is 1. The van der Waals surface area contributed by atoms with Crippen LogP contribution in [0.25, 0.3) is 22.1 Å². The van der Waals surface area contributed by atoms with E-state index in [-0.39, 0.29) is 0 Å². The lowest BCUT2D eigenvalue weighted by atomic mass is 9.89. The highest BCUT2D eigenvalue weighted by Gasteiger charge is 2.58. The summed E-state index contributed by atoms with van der Waals surface area (Å²) in [7, 11) is 1.53. The molecule has 2 aliphatic rings. The molecular formula is C25H24O8. The Hall–Kier alpha value is -3.36. The van der Waals surface area contributed by atoms with Crippen LogP contribution in [0.15, 0.2) is 57.7 Å². The van der Waals surface area contributed by atoms with Crippen LogP contribution in [0.4, 0.5) is 4.79 Å². The number of ether oxygens (including phenoxy) is 5. The molecule has 172 valence electrons. The van der Waals surface area contributed by atoms with Crippen LogP contribution in [0, 0.1) is 6.92 Å². The SMILES string of the molecule is CO[C@@H]1[C@H]2OC(=O)O[C@H]2[C@H](Oc2ccc3c(C)c(-c4ccccc4)c(=O)oc3c2)OC1(C)C. The first kappa shape index (κ1) is 21.5. The van der Waals surface area contributed by atoms with E-state index in [1.54, 1.807) is 12.1 Å². The molecule has 5 rings (SSSR count). The summed E-state index contributed by atoms with van der Waals surface area (Å²) in [6, 6.07) is 14.6. The number of fused-ring (bicyclic) bond motifs is 2. The third-order valence-corrected chi connectivity index (χ3v) is 6.17. The zero-order chi connectivity index (χ0) is 23.3. The highest BCUT2D eigenvalue weighted by atomic mass is 16.8. The van der Waals surface area contributed by atoms with Gasteiger partial charge in [-0.1, -0.05) is 30.3 Å². The fourth-order valence-corrected chi connectivity index (χ4v) is 4.65. The largest absolute Gasteiger partial charge is 0.509 e. The number of carbonyl (C=O) groups is 1. The molecule has 2 fully saturated rings. The van der Waals surface area contributed by atoms with Crippen molar-refractivity contribution in [2.75, 3.05) is 7.11 Å². The molecule has 1 aromatic heterocycles. The topological polar surface area (TPSA) is 93.4 Å². The molecule has 0 amide bonds. The van der Waals surface area contributed by atoms with Crippen molar-refractivity contribution in [2.45, 2.75) is 51.0 Å². The Morgan fingerprint density at radius 1 is 0.970 bits per heavy atom. The fourth-order valence-electron chi connectivity index (χ4n) is 4.65. The highest BCUT2D eigenvalue weighted by Crippen LogP contribution is 2.39. The molecule has 0 saturated carbocycles. The first-order chi connectivity index (χ1) is 15.8. The second-order valence-corrected chi connectivity index (χ2v) is 8.69. The third-order valence-electron chi connectivity index (χ3n) is 6.17. The lowest BCUT2D eigenvalue weighted by Gasteiger charge is -2.45. The summed E-state index contributed by atoms with van der Waals surface area (Å²) in [4.78, 5) is 24.6. The quantitative estimate of drug-likeness (QED) is 0.430. The molecular weight excluding hydrogens is 428 g/mol. The Kier molecular flexibility index (Phi) is 5.14. The molecule has 33 heavy (non-hydrogen) atoms. The van der Waals surface area contributed by atoms with Crippen LogP contribution in [0.3, 0.4) is 0 Å². The van der Waals surface area contributed by atoms with Gasteiger partial charge in [-0.05, 0) is 44.0 Å². The molecule has 0 radical (unpaired) electrons. The Morgan fingerprint density at radius 3 is 2.42 bits per heavy atom. The van der Waals surface area contributed by atoms with E-state index in [0.29, 0.717) is 16.9 Å². The summed E-state index contributed by atoms with van der Waals surface area (Å²) in [5.74, 6) is 0.399. The van der Waals surface area contributed by atoms with Crippen molar-refractivity contribution < 1.29 is 32.9 Å². The molecule has 8 heteroatoms. The summed E-state index contributed by atoms with van der Waals surface area (Å²) in [6.45, 7) is 5.54. The van der Waals surface area contributed by atoms with Crippen LogP contribution in [0.1, 0.15) is 19.4 Å². The Balaban J connectivity index is 1.49. The van der Waals surface area contributed by atoms with Gasteiger partial charge in [0, 0.05) is 18.6 Å². The van der Waals surface area contributed by atoms with Gasteiger partial charge in [-0.2, -0.15) is 0 Å². The first-order valence-electron chi connectivity index (χ1n) is 10.7. The van der Waals surface area contributed by atoms with Gasteiger partial charge in [0.2, 0.25) is 12.4 Å². The van der Waals surface area contributed by atoms with Crippen molar-refractivity contribution in [1.82, 2.24) is 0 Å². The fraction of sp³-hybridized carbons (Fsp3) is 0.360. The summed E-state index contributed by atoms with van der Waals surface area (Å²) >= 11 is 0. The molecule has 0 unspecified atom stereocenters. The van der Waals surface area contributed by atoms with Crippen LogP contribution < -0.4 is 10.4 Å². The van der Waals surface area contributed by atoms with Gasteiger partial charge in [-0.3, -0.25) is 0 Å². The molecule has 0 N–H and O–H groups in total. The number of carbonyl (C=O) groups excluding carboxylic acids is 1. The first-order valence-corrected chi connectivity index (χ1v) is 10.7. The Morgan fingerprint density at radius 2 is 1.70 bits per heavy atom. The average Bonchev–Trinajstić information content (AvgIpc) is 3.15. The van der Waals surface area contributed by atoms with Crippen LogP contribution in [-0.2, 0) is 18.9 Å². The standard InChI is InChI=1S/C25H24O8/c1-13-16-11-10-15(12-17(16)30-22(26)18(13)14-8-6-5-7-9-14)29-23-20-19(31-24(27)32-20)21(28-4)25(2,3)33-23/h5-12,19-21,23H,1-4H3/t19-,20+,21+,23+/m0/s1. The van der Waals surface area contributed by atoms with E-state index in [9.17, 15) is 9.59 Å². The second-order valence-electron chi connectivity index (χ2n) is 8.69. The number of rotatable bonds is 4. The lowest BCUT2D eigenvalue weighted by Crippen LogP contribution is -2.62. The summed E-state index contributed by atoms with van der Waals surface area (Å²) < 4.78 is 33.9. The molecule has 2 saturated heterocycles. The van der Waals surface area contributed by atoms with Crippen LogP contribution >= 0.6 is 0 Å². The molecule has 3 heterocycles. The normalized spacial score (nSPS) is 25.9. The second kappa shape index (κ2) is 7.90. The van der Waals surface area contributed by atoms with Gasteiger partial charge in [0.1, 0.15) is 17.4 Å². The van der Waals surface area contributed by atoms with Crippen LogP contribution in [-0.4, -0.2) is 43.5 Å². The molecule has 0 bridgehead atoms. The maximum absolute atomic E-state index is 12.8. The Labute approximate surface area is 190 Å². The minimum atomic E-state index is -0.934. The van der Waals surface area contributed by atoms with Gasteiger partial charge < -0.3 is 28.1 Å². The van der Waals surface area contributed by atoms with Crippen molar-refractivity contribution in [3.8, 4) is 16.9 Å². The van der Waals surface area contributed by atoms with E-state index in [1.165, 1.54) is 7.11 Å². The van der Waals surface area contributed by atoms with Gasteiger partial charge in [0.05, 0.1) is 11.2 Å². The highest BCUT2D eigenvalue weighted by molar-refractivity contribution is 5.87. The summed E-state index contributed by atoms with van der Waals surface area (Å²) in [5, 5.41) is 0.790. The van der Waals surface area contributed by atoms with Crippen molar-refractivity contribution in [1.29, 1.82) is 0 Å². The Bertz CT molecular complexity index is 1260. The molecule has 3 aromatic rings. The van der Waals surface area contributed by atoms with Crippen LogP contribution in [0.5, 0.6) is 5.75 Å². The zero-order valence-corrected chi connectivity index (χ0v) is 18.7. The van der Waals surface area contributed by atoms with Gasteiger partial charge >= 0.3 is 11.8 Å². The predicted molar refractivity (Wildman–Crippen MR) is 118 cm³/mol. The van der Waals surface area contributed by atoms with Gasteiger partial charge in [-0.25, -0.2) is 9.59 Å². The third kappa shape index (κ3) is 3.65. The number of hydrogen-bond acceptors (Lipinski definition) is 8. The molecule has 2 aromatic carbocycles. The van der Waals surface area contributed by atoms with E-state index in [1.807, 2.05) is 57.2 Å². The van der Waals surface area contributed by atoms with Crippen LogP contribution in [0.2, 0.25) is 0 Å². The number of hydrogen-bond donors (Lipinski definition) is 0. The smallest absolute Gasteiger partial charge is 0.461 e. The number of benzene rings is 2.